The van der Waals surface area contributed by atoms with E-state index in [2.05, 4.69) is 29.0 Å². The van der Waals surface area contributed by atoms with Crippen LogP contribution in [0.1, 0.15) is 2.85 Å². The molecule has 1 aliphatic heterocycles. The van der Waals surface area contributed by atoms with E-state index in [1.165, 1.54) is 4.10 Å². The smallest absolute Gasteiger partial charge is 1.00 e. The largest absolute Gasteiger partial charge is 2.00 e. The Bertz CT molecular complexity index is 88.6. The predicted molar refractivity (Wildman–Crippen MR) is 29.2 cm³/mol. The molecule has 0 radical (unpaired) electrons. The molecular weight excluding hydrogens is 140 g/mol. The van der Waals surface area contributed by atoms with Gasteiger partial charge in [-0.25, -0.2) is 0 Å². The van der Waals surface area contributed by atoms with E-state index in [-0.39, 0.29) is 40.6 Å². The van der Waals surface area contributed by atoms with Crippen LogP contribution in [-0.4, -0.2) is 48.5 Å². The van der Waals surface area contributed by atoms with Crippen LogP contribution < -0.4 is 11.0 Å². The quantitative estimate of drug-likeness (QED) is 0.254. The normalized spacial score (nSPS) is 16.9. The average Bonchev–Trinajstić information content (AvgIpc) is 1.86. The average molecular weight is 146 g/mol. The Labute approximate surface area is 79.8 Å². The van der Waals surface area contributed by atoms with Crippen molar-refractivity contribution >= 4 is 50.6 Å². The fourth-order valence-electron chi connectivity index (χ4n) is 0.229. The molecule has 0 fully saturated rings. The SMILES string of the molecule is [Ca+2].[H-].[H-].[S-][N+]1=NNNC1. The van der Waals surface area contributed by atoms with E-state index in [1.807, 2.05) is 0 Å². The van der Waals surface area contributed by atoms with Crippen molar-refractivity contribution in [2.24, 2.45) is 5.22 Å². The van der Waals surface area contributed by atoms with Crippen molar-refractivity contribution in [2.45, 2.75) is 0 Å². The summed E-state index contributed by atoms with van der Waals surface area (Å²) in [5.74, 6) is 0. The van der Waals surface area contributed by atoms with E-state index in [0.717, 1.165) is 0 Å². The Hall–Kier alpha value is 0.840. The van der Waals surface area contributed by atoms with E-state index < -0.39 is 0 Å². The molecule has 1 aliphatic rings. The van der Waals surface area contributed by atoms with Crippen LogP contribution in [0.15, 0.2) is 5.22 Å². The maximum Gasteiger partial charge on any atom is 2.00 e. The van der Waals surface area contributed by atoms with E-state index in [1.54, 1.807) is 0 Å². The van der Waals surface area contributed by atoms with Crippen molar-refractivity contribution < 1.29 is 6.96 Å². The minimum Gasteiger partial charge on any atom is -1.00 e. The molecule has 0 saturated heterocycles. The molecule has 0 aromatic rings. The molecule has 2 N–H and O–H groups in total. The summed E-state index contributed by atoms with van der Waals surface area (Å²) >= 11 is 4.54. The van der Waals surface area contributed by atoms with Gasteiger partial charge in [0.2, 0.25) is 0 Å². The summed E-state index contributed by atoms with van der Waals surface area (Å²) in [4.78, 5) is 0. The topological polar surface area (TPSA) is 39.4 Å². The summed E-state index contributed by atoms with van der Waals surface area (Å²) in [7, 11) is 0. The van der Waals surface area contributed by atoms with Crippen LogP contribution in [0.25, 0.3) is 0 Å². The third kappa shape index (κ3) is 2.61. The zero-order valence-corrected chi connectivity index (χ0v) is 6.74. The Kier molecular flexibility index (Phi) is 4.25. The van der Waals surface area contributed by atoms with Crippen LogP contribution >= 0.6 is 0 Å². The molecule has 0 bridgehead atoms. The number of nitrogens with one attached hydrogen (secondary N) is 2. The summed E-state index contributed by atoms with van der Waals surface area (Å²) in [6, 6.07) is 0. The number of hydrogen-bond donors (Lipinski definition) is 2. The van der Waals surface area contributed by atoms with Gasteiger partial charge < -0.3 is 15.7 Å². The predicted octanol–water partition coefficient (Wildman–Crippen LogP) is -1.26. The molecule has 0 aromatic carbocycles. The molecule has 38 valence electrons. The van der Waals surface area contributed by atoms with Crippen LogP contribution in [0.3, 0.4) is 0 Å². The Morgan fingerprint density at radius 2 is 2.57 bits per heavy atom. The fraction of sp³-hybridized carbons (Fsp3) is 1.00. The molecule has 4 nitrogen and oxygen atoms in total. The van der Waals surface area contributed by atoms with Gasteiger partial charge in [0.05, 0.1) is 5.22 Å². The number of nitrogens with zero attached hydrogens (tertiary/aromatic N) is 2. The first-order chi connectivity index (χ1) is 2.89. The Morgan fingerprint density at radius 1 is 1.86 bits per heavy atom. The van der Waals surface area contributed by atoms with Crippen LogP contribution in [0.2, 0.25) is 0 Å². The van der Waals surface area contributed by atoms with Gasteiger partial charge in [0.25, 0.3) is 0 Å². The maximum absolute atomic E-state index is 4.54. The van der Waals surface area contributed by atoms with Crippen molar-refractivity contribution in [3.8, 4) is 0 Å². The molecule has 1 heterocycles. The van der Waals surface area contributed by atoms with E-state index in [9.17, 15) is 0 Å². The van der Waals surface area contributed by atoms with Crippen molar-refractivity contribution in [1.82, 2.24) is 11.0 Å². The van der Waals surface area contributed by atoms with Crippen molar-refractivity contribution in [1.29, 1.82) is 0 Å². The van der Waals surface area contributed by atoms with Crippen molar-refractivity contribution in [2.75, 3.05) is 6.67 Å². The van der Waals surface area contributed by atoms with Crippen LogP contribution in [-0.2, 0) is 12.8 Å². The van der Waals surface area contributed by atoms with Gasteiger partial charge in [-0.2, -0.15) is 0 Å². The van der Waals surface area contributed by atoms with Gasteiger partial charge in [-0.05, 0) is 0 Å². The summed E-state index contributed by atoms with van der Waals surface area (Å²) < 4.78 is 1.35. The zero-order valence-electron chi connectivity index (χ0n) is 5.72. The Morgan fingerprint density at radius 3 is 2.71 bits per heavy atom. The van der Waals surface area contributed by atoms with Gasteiger partial charge in [-0.15, -0.1) is 11.0 Å². The molecule has 0 amide bonds. The monoisotopic (exact) mass is 146 g/mol. The van der Waals surface area contributed by atoms with Crippen LogP contribution in [0.5, 0.6) is 0 Å². The molecule has 1 rings (SSSR count). The molecule has 0 aliphatic carbocycles. The summed E-state index contributed by atoms with van der Waals surface area (Å²) in [6.07, 6.45) is 0. The number of rotatable bonds is 0. The minimum absolute atomic E-state index is 0. The second-order valence-corrected chi connectivity index (χ2v) is 1.32. The summed E-state index contributed by atoms with van der Waals surface area (Å²) in [5, 5.41) is 3.52. The van der Waals surface area contributed by atoms with Gasteiger partial charge in [0, 0.05) is 0 Å². The van der Waals surface area contributed by atoms with Gasteiger partial charge >= 0.3 is 37.7 Å². The first-order valence-electron chi connectivity index (χ1n) is 1.53. The molecule has 0 atom stereocenters. The number of hydrogen-bond acceptors (Lipinski definition) is 4. The summed E-state index contributed by atoms with van der Waals surface area (Å²) in [6.45, 7) is 0.606. The molecular formula is CH6CaN4S. The van der Waals surface area contributed by atoms with Gasteiger partial charge in [0.15, 0.2) is 6.67 Å². The first kappa shape index (κ1) is 7.84. The Balaban J connectivity index is -0.000000120. The second kappa shape index (κ2) is 3.80. The van der Waals surface area contributed by atoms with E-state index >= 15 is 0 Å². The van der Waals surface area contributed by atoms with Crippen LogP contribution in [0.4, 0.5) is 0 Å². The third-order valence-electron chi connectivity index (χ3n) is 0.455. The van der Waals surface area contributed by atoms with Crippen LogP contribution in [0, 0.1) is 0 Å². The standard InChI is InChI=1S/CH4N4S.Ca.2H/c6-5-1-2-3-4-5;;;/h2-3H,1H2;;;/q;+2;2*-1. The first-order valence-corrected chi connectivity index (χ1v) is 1.89. The van der Waals surface area contributed by atoms with Gasteiger partial charge in [-0.3, -0.25) is 4.10 Å². The molecule has 7 heavy (non-hydrogen) atoms. The van der Waals surface area contributed by atoms with Crippen molar-refractivity contribution in [3.05, 3.63) is 0 Å². The second-order valence-electron chi connectivity index (χ2n) is 0.899. The third-order valence-corrected chi connectivity index (χ3v) is 0.666. The molecule has 0 saturated carbocycles. The van der Waals surface area contributed by atoms with Crippen molar-refractivity contribution in [3.63, 3.8) is 0 Å². The zero-order chi connectivity index (χ0) is 4.41. The fourth-order valence-corrected chi connectivity index (χ4v) is 0.335. The maximum atomic E-state index is 4.54. The molecule has 0 unspecified atom stereocenters. The number of hydrazine groups is 1. The van der Waals surface area contributed by atoms with E-state index in [4.69, 9.17) is 0 Å². The molecule has 0 aromatic heterocycles. The minimum atomic E-state index is 0. The summed E-state index contributed by atoms with van der Waals surface area (Å²) in [5.41, 5.74) is 5.15. The molecule has 0 spiro atoms. The molecule has 6 heteroatoms. The van der Waals surface area contributed by atoms with Gasteiger partial charge in [0.1, 0.15) is 0 Å². The van der Waals surface area contributed by atoms with E-state index in [0.29, 0.717) is 6.67 Å². The van der Waals surface area contributed by atoms with Gasteiger partial charge in [-0.1, -0.05) is 0 Å².